The van der Waals surface area contributed by atoms with Crippen molar-refractivity contribution in [2.24, 2.45) is 5.92 Å². The zero-order valence-corrected chi connectivity index (χ0v) is 10.7. The number of amides is 1. The molecule has 7 heteroatoms. The molecule has 2 rings (SSSR count). The Morgan fingerprint density at radius 2 is 2.28 bits per heavy atom. The van der Waals surface area contributed by atoms with Crippen LogP contribution >= 0.6 is 11.6 Å². The summed E-state index contributed by atoms with van der Waals surface area (Å²) in [7, 11) is 0. The first-order valence-electron chi connectivity index (χ1n) is 5.90. The molecule has 1 fully saturated rings. The Kier molecular flexibility index (Phi) is 4.30. The number of piperidine rings is 1. The van der Waals surface area contributed by atoms with Gasteiger partial charge in [0.2, 0.25) is 11.8 Å². The molecule has 18 heavy (non-hydrogen) atoms. The van der Waals surface area contributed by atoms with E-state index in [1.165, 1.54) is 11.1 Å². The Bertz CT molecular complexity index is 411. The highest BCUT2D eigenvalue weighted by Crippen LogP contribution is 2.21. The fraction of sp³-hybridized carbons (Fsp3) is 0.636. The molecule has 2 heterocycles. The van der Waals surface area contributed by atoms with Crippen molar-refractivity contribution in [2.75, 3.05) is 30.4 Å². The Morgan fingerprint density at radius 1 is 1.56 bits per heavy atom. The number of anilines is 1. The summed E-state index contributed by atoms with van der Waals surface area (Å²) >= 11 is 5.59. The van der Waals surface area contributed by atoms with Crippen molar-refractivity contribution in [2.45, 2.75) is 12.8 Å². The SMILES string of the molecule is O=C(CCl)N(CC1CC[N+](=O)CC1)c1ccno1. The average molecular weight is 273 g/mol. The molecule has 0 bridgehead atoms. The third-order valence-corrected chi connectivity index (χ3v) is 3.35. The van der Waals surface area contributed by atoms with Crippen LogP contribution in [0, 0.1) is 10.8 Å². The first-order valence-corrected chi connectivity index (χ1v) is 6.43. The van der Waals surface area contributed by atoms with E-state index < -0.39 is 0 Å². The fourth-order valence-electron chi connectivity index (χ4n) is 2.09. The molecule has 1 aromatic rings. The molecule has 0 aliphatic carbocycles. The largest absolute Gasteiger partial charge is 0.338 e. The lowest BCUT2D eigenvalue weighted by molar-refractivity contribution is -0.560. The highest BCUT2D eigenvalue weighted by molar-refractivity contribution is 6.29. The van der Waals surface area contributed by atoms with E-state index in [9.17, 15) is 9.70 Å². The number of carbonyl (C=O) groups is 1. The van der Waals surface area contributed by atoms with Gasteiger partial charge in [0.15, 0.2) is 13.1 Å². The van der Waals surface area contributed by atoms with E-state index in [0.717, 1.165) is 17.6 Å². The molecule has 1 amide bonds. The summed E-state index contributed by atoms with van der Waals surface area (Å²) in [6.45, 7) is 1.56. The molecule has 0 atom stereocenters. The number of carbonyl (C=O) groups excluding carboxylic acids is 1. The van der Waals surface area contributed by atoms with Gasteiger partial charge in [-0.2, -0.15) is 0 Å². The molecular formula is C11H15ClN3O3+. The van der Waals surface area contributed by atoms with Gasteiger partial charge in [0.25, 0.3) is 0 Å². The van der Waals surface area contributed by atoms with Gasteiger partial charge in [0.1, 0.15) is 5.88 Å². The van der Waals surface area contributed by atoms with Crippen LogP contribution in [-0.2, 0) is 4.79 Å². The Labute approximate surface area is 109 Å². The summed E-state index contributed by atoms with van der Waals surface area (Å²) in [5, 5.41) is 3.59. The number of nitroso groups, excluding NO2 is 1. The Morgan fingerprint density at radius 3 is 2.83 bits per heavy atom. The van der Waals surface area contributed by atoms with Gasteiger partial charge in [0, 0.05) is 30.4 Å². The van der Waals surface area contributed by atoms with Gasteiger partial charge in [0.05, 0.1) is 6.20 Å². The molecule has 0 aromatic carbocycles. The lowest BCUT2D eigenvalue weighted by Gasteiger charge is -2.24. The summed E-state index contributed by atoms with van der Waals surface area (Å²) in [5.74, 6) is 0.400. The van der Waals surface area contributed by atoms with Crippen molar-refractivity contribution < 1.29 is 14.1 Å². The van der Waals surface area contributed by atoms with Crippen molar-refractivity contribution in [1.29, 1.82) is 0 Å². The standard InChI is InChI=1S/C11H15ClN3O3/c12-7-10(16)15(11-1-4-13-18-11)8-9-2-5-14(17)6-3-9/h1,4,9H,2-3,5-8H2/q+1. The van der Waals surface area contributed by atoms with E-state index >= 15 is 0 Å². The lowest BCUT2D eigenvalue weighted by atomic mass is 9.97. The second-order valence-electron chi connectivity index (χ2n) is 4.36. The summed E-state index contributed by atoms with van der Waals surface area (Å²) in [6, 6.07) is 1.63. The zero-order valence-electron chi connectivity index (χ0n) is 9.92. The second-order valence-corrected chi connectivity index (χ2v) is 4.63. The van der Waals surface area contributed by atoms with E-state index in [1.54, 1.807) is 6.07 Å². The highest BCUT2D eigenvalue weighted by Gasteiger charge is 2.28. The van der Waals surface area contributed by atoms with Crippen LogP contribution in [-0.4, -0.2) is 41.3 Å². The van der Waals surface area contributed by atoms with E-state index in [2.05, 4.69) is 5.16 Å². The fourth-order valence-corrected chi connectivity index (χ4v) is 2.23. The lowest BCUT2D eigenvalue weighted by Crippen LogP contribution is -2.39. The van der Waals surface area contributed by atoms with E-state index in [0.29, 0.717) is 31.4 Å². The quantitative estimate of drug-likeness (QED) is 0.614. The van der Waals surface area contributed by atoms with Crippen molar-refractivity contribution >= 4 is 23.4 Å². The molecule has 1 aliphatic rings. The molecule has 0 N–H and O–H groups in total. The number of hydrogen-bond acceptors (Lipinski definition) is 4. The first-order chi connectivity index (χ1) is 8.70. The van der Waals surface area contributed by atoms with E-state index in [-0.39, 0.29) is 11.8 Å². The predicted molar refractivity (Wildman–Crippen MR) is 65.7 cm³/mol. The van der Waals surface area contributed by atoms with Crippen LogP contribution in [0.25, 0.3) is 0 Å². The summed E-state index contributed by atoms with van der Waals surface area (Å²) < 4.78 is 6.06. The normalized spacial score (nSPS) is 16.8. The van der Waals surface area contributed by atoms with Crippen molar-refractivity contribution in [1.82, 2.24) is 5.16 Å². The Balaban J connectivity index is 2.02. The molecule has 98 valence electrons. The smallest absolute Gasteiger partial charge is 0.244 e. The van der Waals surface area contributed by atoms with Gasteiger partial charge >= 0.3 is 0 Å². The summed E-state index contributed by atoms with van der Waals surface area (Å²) in [6.07, 6.45) is 3.05. The number of halogens is 1. The van der Waals surface area contributed by atoms with Gasteiger partial charge in [-0.05, 0) is 10.7 Å². The van der Waals surface area contributed by atoms with Crippen LogP contribution in [0.4, 0.5) is 5.88 Å². The summed E-state index contributed by atoms with van der Waals surface area (Å²) in [4.78, 5) is 24.4. The second kappa shape index (κ2) is 5.95. The molecule has 1 aliphatic heterocycles. The molecule has 1 saturated heterocycles. The minimum atomic E-state index is -0.210. The van der Waals surface area contributed by atoms with Crippen LogP contribution in [0.5, 0.6) is 0 Å². The molecule has 0 unspecified atom stereocenters. The van der Waals surface area contributed by atoms with Gasteiger partial charge in [-0.25, -0.2) is 0 Å². The summed E-state index contributed by atoms with van der Waals surface area (Å²) in [5.41, 5.74) is 0. The molecule has 1 aromatic heterocycles. The molecule has 0 spiro atoms. The molecule has 0 saturated carbocycles. The maximum absolute atomic E-state index is 11.8. The third kappa shape index (κ3) is 3.07. The van der Waals surface area contributed by atoms with E-state index in [1.807, 2.05) is 0 Å². The number of alkyl halides is 1. The molecule has 6 nitrogen and oxygen atoms in total. The first kappa shape index (κ1) is 13.0. The Hall–Kier alpha value is -1.43. The predicted octanol–water partition coefficient (Wildman–Crippen LogP) is 1.44. The minimum absolute atomic E-state index is 0.0961. The van der Waals surface area contributed by atoms with Crippen LogP contribution in [0.2, 0.25) is 0 Å². The monoisotopic (exact) mass is 272 g/mol. The minimum Gasteiger partial charge on any atom is -0.338 e. The number of aromatic nitrogens is 1. The van der Waals surface area contributed by atoms with E-state index in [4.69, 9.17) is 16.1 Å². The topological polar surface area (TPSA) is 66.4 Å². The number of hydrogen-bond donors (Lipinski definition) is 0. The van der Waals surface area contributed by atoms with Crippen molar-refractivity contribution in [3.05, 3.63) is 17.2 Å². The third-order valence-electron chi connectivity index (χ3n) is 3.12. The van der Waals surface area contributed by atoms with Gasteiger partial charge < -0.3 is 4.52 Å². The number of rotatable bonds is 4. The number of nitrogens with zero attached hydrogens (tertiary/aromatic N) is 3. The van der Waals surface area contributed by atoms with Crippen LogP contribution in [0.1, 0.15) is 12.8 Å². The molecule has 0 radical (unpaired) electrons. The van der Waals surface area contributed by atoms with Crippen molar-refractivity contribution in [3.8, 4) is 0 Å². The van der Waals surface area contributed by atoms with Crippen LogP contribution in [0.3, 0.4) is 0 Å². The van der Waals surface area contributed by atoms with Crippen LogP contribution in [0.15, 0.2) is 16.8 Å². The highest BCUT2D eigenvalue weighted by atomic mass is 35.5. The van der Waals surface area contributed by atoms with Crippen LogP contribution < -0.4 is 4.90 Å². The van der Waals surface area contributed by atoms with Gasteiger partial charge in [-0.1, -0.05) is 5.16 Å². The zero-order chi connectivity index (χ0) is 13.0. The maximum atomic E-state index is 11.8. The molecular weight excluding hydrogens is 258 g/mol. The van der Waals surface area contributed by atoms with Gasteiger partial charge in [-0.3, -0.25) is 9.69 Å². The average Bonchev–Trinajstić information content (AvgIpc) is 2.91. The maximum Gasteiger partial charge on any atom is 0.244 e. The van der Waals surface area contributed by atoms with Crippen molar-refractivity contribution in [3.63, 3.8) is 0 Å². The van der Waals surface area contributed by atoms with Gasteiger partial charge in [-0.15, -0.1) is 11.6 Å².